The second-order valence-corrected chi connectivity index (χ2v) is 3.82. The highest BCUT2D eigenvalue weighted by Crippen LogP contribution is 2.12. The van der Waals surface area contributed by atoms with Gasteiger partial charge in [0.25, 0.3) is 0 Å². The molecule has 1 heterocycles. The highest BCUT2D eigenvalue weighted by molar-refractivity contribution is 8.13. The Morgan fingerprint density at radius 3 is 2.71 bits per heavy atom. The van der Waals surface area contributed by atoms with Crippen LogP contribution in [0.3, 0.4) is 0 Å². The molecule has 0 fully saturated rings. The number of aromatic amines is 2. The third-order valence-corrected chi connectivity index (χ3v) is 2.40. The largest absolute Gasteiger partial charge is 0.461 e. The minimum Gasteiger partial charge on any atom is -0.461 e. The van der Waals surface area contributed by atoms with Gasteiger partial charge in [0.1, 0.15) is 5.69 Å². The minimum absolute atomic E-state index is 0. The van der Waals surface area contributed by atoms with E-state index in [2.05, 4.69) is 9.97 Å². The first-order chi connectivity index (χ1) is 7.54. The van der Waals surface area contributed by atoms with Gasteiger partial charge >= 0.3 is 11.7 Å². The van der Waals surface area contributed by atoms with Crippen molar-refractivity contribution < 1.29 is 9.53 Å². The van der Waals surface area contributed by atoms with Crippen molar-refractivity contribution in [3.8, 4) is 0 Å². The Balaban J connectivity index is 0.00000256. The smallest absolute Gasteiger partial charge is 0.356 e. The van der Waals surface area contributed by atoms with Gasteiger partial charge in [0.05, 0.1) is 12.3 Å². The number of aromatic nitrogens is 2. The number of nitrogens with two attached hydrogens (primary N) is 1. The number of halogens is 1. The molecule has 0 spiro atoms. The molecule has 0 atom stereocenters. The van der Waals surface area contributed by atoms with E-state index in [1.807, 2.05) is 0 Å². The van der Waals surface area contributed by atoms with Gasteiger partial charge in [0, 0.05) is 5.75 Å². The first-order valence-corrected chi connectivity index (χ1v) is 5.48. The molecule has 0 unspecified atom stereocenters. The number of esters is 1. The molecule has 1 rings (SSSR count). The van der Waals surface area contributed by atoms with Crippen molar-refractivity contribution in [2.45, 2.75) is 12.7 Å². The maximum Gasteiger partial charge on any atom is 0.356 e. The van der Waals surface area contributed by atoms with E-state index in [1.165, 1.54) is 0 Å². The molecule has 0 amide bonds. The number of imidazole rings is 1. The zero-order valence-corrected chi connectivity index (χ0v) is 10.7. The predicted molar refractivity (Wildman–Crippen MR) is 67.8 cm³/mol. The molecule has 0 radical (unpaired) electrons. The van der Waals surface area contributed by atoms with Gasteiger partial charge < -0.3 is 15.5 Å². The number of H-pyrrole nitrogens is 2. The summed E-state index contributed by atoms with van der Waals surface area (Å²) in [7, 11) is 0. The highest BCUT2D eigenvalue weighted by atomic mass is 35.5. The molecule has 1 aromatic heterocycles. The van der Waals surface area contributed by atoms with Gasteiger partial charge in [0.15, 0.2) is 5.17 Å². The molecule has 0 bridgehead atoms. The van der Waals surface area contributed by atoms with E-state index in [4.69, 9.17) is 15.9 Å². The Bertz CT molecular complexity index is 456. The molecule has 0 aliphatic heterocycles. The van der Waals surface area contributed by atoms with Gasteiger partial charge in [-0.1, -0.05) is 11.8 Å². The van der Waals surface area contributed by atoms with Crippen LogP contribution in [0.25, 0.3) is 0 Å². The summed E-state index contributed by atoms with van der Waals surface area (Å²) in [5, 5.41) is 6.95. The summed E-state index contributed by atoms with van der Waals surface area (Å²) in [6.07, 6.45) is 0. The lowest BCUT2D eigenvalue weighted by molar-refractivity contribution is 0.0519. The molecule has 7 nitrogen and oxygen atoms in total. The van der Waals surface area contributed by atoms with E-state index < -0.39 is 11.7 Å². The minimum atomic E-state index is -0.597. The van der Waals surface area contributed by atoms with Crippen LogP contribution < -0.4 is 11.4 Å². The SMILES string of the molecule is CCOC(=O)c1[nH]c(=O)[nH]c1CSC(=N)N.Cl. The van der Waals surface area contributed by atoms with Crippen molar-refractivity contribution in [2.24, 2.45) is 5.73 Å². The maximum absolute atomic E-state index is 11.4. The van der Waals surface area contributed by atoms with Crippen LogP contribution in [0, 0.1) is 5.41 Å². The summed E-state index contributed by atoms with van der Waals surface area (Å²) >= 11 is 1.01. The average molecular weight is 281 g/mol. The van der Waals surface area contributed by atoms with Crippen molar-refractivity contribution in [2.75, 3.05) is 6.61 Å². The number of hydrogen-bond acceptors (Lipinski definition) is 5. The lowest BCUT2D eigenvalue weighted by Gasteiger charge is -2.01. The quantitative estimate of drug-likeness (QED) is 0.361. The van der Waals surface area contributed by atoms with Crippen LogP contribution in [-0.4, -0.2) is 27.7 Å². The third kappa shape index (κ3) is 4.53. The highest BCUT2D eigenvalue weighted by Gasteiger charge is 2.16. The fourth-order valence-electron chi connectivity index (χ4n) is 1.06. The van der Waals surface area contributed by atoms with E-state index in [0.717, 1.165) is 11.8 Å². The summed E-state index contributed by atoms with van der Waals surface area (Å²) < 4.78 is 4.77. The second kappa shape index (κ2) is 7.02. The van der Waals surface area contributed by atoms with Crippen molar-refractivity contribution in [1.29, 1.82) is 5.41 Å². The Labute approximate surface area is 107 Å². The number of amidine groups is 1. The normalized spacial score (nSPS) is 9.47. The fraction of sp³-hybridized carbons (Fsp3) is 0.375. The zero-order chi connectivity index (χ0) is 12.1. The number of carbonyl (C=O) groups is 1. The summed E-state index contributed by atoms with van der Waals surface area (Å²) in [6.45, 7) is 1.90. The van der Waals surface area contributed by atoms with Crippen LogP contribution in [0.4, 0.5) is 0 Å². The molecule has 0 saturated carbocycles. The first-order valence-electron chi connectivity index (χ1n) is 4.49. The van der Waals surface area contributed by atoms with Gasteiger partial charge in [0.2, 0.25) is 0 Å². The summed E-state index contributed by atoms with van der Waals surface area (Å²) in [5.74, 6) is -0.359. The number of rotatable bonds is 4. The first kappa shape index (κ1) is 15.6. The Morgan fingerprint density at radius 2 is 2.18 bits per heavy atom. The predicted octanol–water partition coefficient (Wildman–Crippen LogP) is 0.428. The zero-order valence-electron chi connectivity index (χ0n) is 9.03. The lowest BCUT2D eigenvalue weighted by atomic mass is 10.3. The molecule has 0 aliphatic carbocycles. The molecule has 17 heavy (non-hydrogen) atoms. The van der Waals surface area contributed by atoms with Crippen LogP contribution in [0.5, 0.6) is 0 Å². The monoisotopic (exact) mass is 280 g/mol. The summed E-state index contributed by atoms with van der Waals surface area (Å²) in [5.41, 5.74) is 5.14. The van der Waals surface area contributed by atoms with Crippen LogP contribution in [-0.2, 0) is 10.5 Å². The molecule has 96 valence electrons. The van der Waals surface area contributed by atoms with E-state index in [1.54, 1.807) is 6.92 Å². The third-order valence-electron chi connectivity index (χ3n) is 1.66. The van der Waals surface area contributed by atoms with Crippen LogP contribution in [0.2, 0.25) is 0 Å². The van der Waals surface area contributed by atoms with Crippen molar-refractivity contribution in [1.82, 2.24) is 9.97 Å². The summed E-state index contributed by atoms with van der Waals surface area (Å²) in [4.78, 5) is 27.3. The van der Waals surface area contributed by atoms with Gasteiger partial charge in [-0.05, 0) is 6.92 Å². The molecule has 1 aromatic rings. The van der Waals surface area contributed by atoms with Gasteiger partial charge in [-0.25, -0.2) is 9.59 Å². The lowest BCUT2D eigenvalue weighted by Crippen LogP contribution is -2.10. The van der Waals surface area contributed by atoms with Gasteiger partial charge in [-0.3, -0.25) is 10.4 Å². The van der Waals surface area contributed by atoms with Crippen molar-refractivity contribution >= 4 is 35.3 Å². The standard InChI is InChI=1S/C8H12N4O3S.ClH/c1-2-15-6(13)5-4(3-16-7(9)10)11-8(14)12-5;/h2-3H2,1H3,(H3,9,10)(H2,11,12,14);1H. The van der Waals surface area contributed by atoms with Gasteiger partial charge in [-0.15, -0.1) is 12.4 Å². The fourth-order valence-corrected chi connectivity index (χ4v) is 1.57. The average Bonchev–Trinajstić information content (AvgIpc) is 2.57. The molecule has 0 saturated heterocycles. The number of nitrogens with one attached hydrogen (secondary N) is 3. The van der Waals surface area contributed by atoms with Crippen LogP contribution in [0.15, 0.2) is 4.79 Å². The maximum atomic E-state index is 11.4. The van der Waals surface area contributed by atoms with Crippen LogP contribution >= 0.6 is 24.2 Å². The summed E-state index contributed by atoms with van der Waals surface area (Å²) in [6, 6.07) is 0. The van der Waals surface area contributed by atoms with Gasteiger partial charge in [-0.2, -0.15) is 0 Å². The van der Waals surface area contributed by atoms with E-state index in [0.29, 0.717) is 5.69 Å². The van der Waals surface area contributed by atoms with E-state index in [-0.39, 0.29) is 35.6 Å². The van der Waals surface area contributed by atoms with E-state index in [9.17, 15) is 9.59 Å². The molecular weight excluding hydrogens is 268 g/mol. The topological polar surface area (TPSA) is 125 Å². The molecule has 0 aromatic carbocycles. The number of carbonyl (C=O) groups excluding carboxylic acids is 1. The van der Waals surface area contributed by atoms with Crippen LogP contribution in [0.1, 0.15) is 23.1 Å². The number of ether oxygens (including phenoxy) is 1. The Kier molecular flexibility index (Phi) is 6.44. The Hall–Kier alpha value is -1.41. The number of thioether (sulfide) groups is 1. The van der Waals surface area contributed by atoms with E-state index >= 15 is 0 Å². The Morgan fingerprint density at radius 1 is 1.53 bits per heavy atom. The number of hydrogen-bond donors (Lipinski definition) is 4. The van der Waals surface area contributed by atoms with Crippen molar-refractivity contribution in [3.05, 3.63) is 21.9 Å². The van der Waals surface area contributed by atoms with Crippen molar-refractivity contribution in [3.63, 3.8) is 0 Å². The molecule has 5 N–H and O–H groups in total. The molecule has 0 aliphatic rings. The molecular formula is C8H13ClN4O3S. The molecule has 9 heteroatoms. The second-order valence-electron chi connectivity index (χ2n) is 2.81.